The standard InChI is InChI=1S/C22H42O4/c1-4-7-9-10-14-19-25-21(23)17-12-11-13-18-22(24)26-20(15-6-3)16-8-5-2/h20H,4-19H2,1-3H3. The summed E-state index contributed by atoms with van der Waals surface area (Å²) in [6, 6.07) is 0. The van der Waals surface area contributed by atoms with Gasteiger partial charge in [-0.25, -0.2) is 0 Å². The molecule has 0 spiro atoms. The third-order valence-corrected chi connectivity index (χ3v) is 4.56. The van der Waals surface area contributed by atoms with Gasteiger partial charge in [0.05, 0.1) is 6.61 Å². The summed E-state index contributed by atoms with van der Waals surface area (Å²) < 4.78 is 10.8. The smallest absolute Gasteiger partial charge is 0.306 e. The third kappa shape index (κ3) is 16.4. The van der Waals surface area contributed by atoms with Crippen molar-refractivity contribution >= 4 is 11.9 Å². The lowest BCUT2D eigenvalue weighted by Gasteiger charge is -2.17. The summed E-state index contributed by atoms with van der Waals surface area (Å²) in [5.74, 6) is -0.195. The molecule has 0 rings (SSSR count). The Morgan fingerprint density at radius 2 is 1.27 bits per heavy atom. The Labute approximate surface area is 161 Å². The Kier molecular flexibility index (Phi) is 18.0. The predicted molar refractivity (Wildman–Crippen MR) is 107 cm³/mol. The van der Waals surface area contributed by atoms with Gasteiger partial charge in [-0.2, -0.15) is 0 Å². The zero-order valence-corrected chi connectivity index (χ0v) is 17.5. The van der Waals surface area contributed by atoms with E-state index in [1.54, 1.807) is 0 Å². The summed E-state index contributed by atoms with van der Waals surface area (Å²) in [5, 5.41) is 0. The second-order valence-corrected chi connectivity index (χ2v) is 7.24. The van der Waals surface area contributed by atoms with Crippen molar-refractivity contribution in [3.63, 3.8) is 0 Å². The first kappa shape index (κ1) is 24.9. The molecule has 26 heavy (non-hydrogen) atoms. The van der Waals surface area contributed by atoms with Gasteiger partial charge >= 0.3 is 11.9 Å². The number of esters is 2. The number of unbranched alkanes of at least 4 members (excludes halogenated alkanes) is 7. The molecule has 0 amide bonds. The molecule has 4 heteroatoms. The minimum Gasteiger partial charge on any atom is -0.466 e. The molecular weight excluding hydrogens is 328 g/mol. The average Bonchev–Trinajstić information content (AvgIpc) is 2.62. The minimum atomic E-state index is -0.106. The zero-order valence-electron chi connectivity index (χ0n) is 17.5. The van der Waals surface area contributed by atoms with E-state index >= 15 is 0 Å². The van der Waals surface area contributed by atoms with Gasteiger partial charge in [0, 0.05) is 12.8 Å². The van der Waals surface area contributed by atoms with Crippen LogP contribution < -0.4 is 0 Å². The first-order valence-electron chi connectivity index (χ1n) is 11.0. The fourth-order valence-corrected chi connectivity index (χ4v) is 2.94. The van der Waals surface area contributed by atoms with Gasteiger partial charge in [0.25, 0.3) is 0 Å². The number of hydrogen-bond acceptors (Lipinski definition) is 4. The average molecular weight is 371 g/mol. The van der Waals surface area contributed by atoms with E-state index in [2.05, 4.69) is 20.8 Å². The molecule has 1 atom stereocenters. The highest BCUT2D eigenvalue weighted by Crippen LogP contribution is 2.13. The molecule has 4 nitrogen and oxygen atoms in total. The molecule has 1 unspecified atom stereocenters. The maximum Gasteiger partial charge on any atom is 0.306 e. The molecule has 0 heterocycles. The first-order valence-corrected chi connectivity index (χ1v) is 11.0. The lowest BCUT2D eigenvalue weighted by Crippen LogP contribution is -2.18. The van der Waals surface area contributed by atoms with Crippen molar-refractivity contribution < 1.29 is 19.1 Å². The van der Waals surface area contributed by atoms with Crippen LogP contribution in [0.25, 0.3) is 0 Å². The molecular formula is C22H42O4. The Morgan fingerprint density at radius 1 is 0.654 bits per heavy atom. The van der Waals surface area contributed by atoms with Gasteiger partial charge < -0.3 is 9.47 Å². The lowest BCUT2D eigenvalue weighted by atomic mass is 10.1. The van der Waals surface area contributed by atoms with Gasteiger partial charge in [0.2, 0.25) is 0 Å². The van der Waals surface area contributed by atoms with Gasteiger partial charge in [-0.1, -0.05) is 72.1 Å². The van der Waals surface area contributed by atoms with Crippen LogP contribution in [0.4, 0.5) is 0 Å². The summed E-state index contributed by atoms with van der Waals surface area (Å²) in [6.07, 6.45) is 14.5. The number of carbonyl (C=O) groups excluding carboxylic acids is 2. The summed E-state index contributed by atoms with van der Waals surface area (Å²) >= 11 is 0. The van der Waals surface area contributed by atoms with Gasteiger partial charge in [-0.05, 0) is 32.1 Å². The van der Waals surface area contributed by atoms with Crippen LogP contribution in [0.15, 0.2) is 0 Å². The summed E-state index contributed by atoms with van der Waals surface area (Å²) in [6.45, 7) is 7.01. The molecule has 0 saturated carbocycles. The van der Waals surface area contributed by atoms with Crippen molar-refractivity contribution in [3.8, 4) is 0 Å². The topological polar surface area (TPSA) is 52.6 Å². The Hall–Kier alpha value is -1.06. The zero-order chi connectivity index (χ0) is 19.5. The second-order valence-electron chi connectivity index (χ2n) is 7.24. The number of carbonyl (C=O) groups is 2. The highest BCUT2D eigenvalue weighted by atomic mass is 16.5. The molecule has 0 aliphatic heterocycles. The van der Waals surface area contributed by atoms with Gasteiger partial charge in [-0.15, -0.1) is 0 Å². The van der Waals surface area contributed by atoms with E-state index in [1.165, 1.54) is 19.3 Å². The van der Waals surface area contributed by atoms with Crippen molar-refractivity contribution in [2.45, 2.75) is 123 Å². The lowest BCUT2D eigenvalue weighted by molar-refractivity contribution is -0.150. The Balaban J connectivity index is 3.59. The van der Waals surface area contributed by atoms with Crippen LogP contribution >= 0.6 is 0 Å². The monoisotopic (exact) mass is 370 g/mol. The van der Waals surface area contributed by atoms with E-state index in [0.717, 1.165) is 64.2 Å². The summed E-state index contributed by atoms with van der Waals surface area (Å²) in [5.41, 5.74) is 0. The van der Waals surface area contributed by atoms with Crippen molar-refractivity contribution in [3.05, 3.63) is 0 Å². The number of hydrogen-bond donors (Lipinski definition) is 0. The molecule has 0 aromatic carbocycles. The molecule has 0 aromatic heterocycles. The van der Waals surface area contributed by atoms with Crippen molar-refractivity contribution in [2.24, 2.45) is 0 Å². The highest BCUT2D eigenvalue weighted by Gasteiger charge is 2.13. The van der Waals surface area contributed by atoms with Crippen molar-refractivity contribution in [1.82, 2.24) is 0 Å². The Morgan fingerprint density at radius 3 is 1.92 bits per heavy atom. The van der Waals surface area contributed by atoms with E-state index in [1.807, 2.05) is 0 Å². The van der Waals surface area contributed by atoms with Crippen LogP contribution in [0.5, 0.6) is 0 Å². The first-order chi connectivity index (χ1) is 12.6. The molecule has 0 aromatic rings. The van der Waals surface area contributed by atoms with Crippen molar-refractivity contribution in [1.29, 1.82) is 0 Å². The van der Waals surface area contributed by atoms with Crippen LogP contribution in [0.3, 0.4) is 0 Å². The highest BCUT2D eigenvalue weighted by molar-refractivity contribution is 5.70. The van der Waals surface area contributed by atoms with Gasteiger partial charge in [0.15, 0.2) is 0 Å². The molecule has 0 N–H and O–H groups in total. The van der Waals surface area contributed by atoms with E-state index in [4.69, 9.17) is 9.47 Å². The molecule has 0 radical (unpaired) electrons. The fraction of sp³-hybridized carbons (Fsp3) is 0.909. The van der Waals surface area contributed by atoms with Gasteiger partial charge in [-0.3, -0.25) is 9.59 Å². The van der Waals surface area contributed by atoms with E-state index in [-0.39, 0.29) is 18.0 Å². The van der Waals surface area contributed by atoms with E-state index in [0.29, 0.717) is 19.4 Å². The van der Waals surface area contributed by atoms with Crippen LogP contribution in [-0.2, 0) is 19.1 Å². The largest absolute Gasteiger partial charge is 0.466 e. The van der Waals surface area contributed by atoms with E-state index < -0.39 is 0 Å². The molecule has 154 valence electrons. The van der Waals surface area contributed by atoms with Gasteiger partial charge in [0.1, 0.15) is 6.10 Å². The number of rotatable bonds is 18. The normalized spacial score (nSPS) is 12.0. The van der Waals surface area contributed by atoms with Crippen molar-refractivity contribution in [2.75, 3.05) is 6.61 Å². The quantitative estimate of drug-likeness (QED) is 0.208. The molecule has 0 bridgehead atoms. The summed E-state index contributed by atoms with van der Waals surface area (Å²) in [7, 11) is 0. The molecule has 0 aliphatic rings. The predicted octanol–water partition coefficient (Wildman–Crippen LogP) is 6.35. The molecule has 0 aliphatic carbocycles. The maximum atomic E-state index is 11.9. The van der Waals surface area contributed by atoms with Crippen LogP contribution in [-0.4, -0.2) is 24.6 Å². The summed E-state index contributed by atoms with van der Waals surface area (Å²) in [4.78, 5) is 23.6. The van der Waals surface area contributed by atoms with E-state index in [9.17, 15) is 9.59 Å². The van der Waals surface area contributed by atoms with Crippen LogP contribution in [0, 0.1) is 0 Å². The number of ether oxygens (including phenoxy) is 2. The van der Waals surface area contributed by atoms with Crippen LogP contribution in [0.2, 0.25) is 0 Å². The minimum absolute atomic E-state index is 0.0831. The second kappa shape index (κ2) is 18.7. The molecule has 0 saturated heterocycles. The molecule has 0 fully saturated rings. The fourth-order valence-electron chi connectivity index (χ4n) is 2.94. The maximum absolute atomic E-state index is 11.9. The third-order valence-electron chi connectivity index (χ3n) is 4.56. The SMILES string of the molecule is CCCCCCCOC(=O)CCCCCC(=O)OC(CCC)CCCC. The van der Waals surface area contributed by atoms with Crippen LogP contribution in [0.1, 0.15) is 117 Å². The Bertz CT molecular complexity index is 341.